The number of aliphatic hydroxyl groups excluding tert-OH is 1. The number of nitrogens with zero attached hydrogens (tertiary/aromatic N) is 1. The van der Waals surface area contributed by atoms with E-state index in [0.717, 1.165) is 12.1 Å². The Balaban J connectivity index is 2.42. The molecule has 1 aliphatic heterocycles. The predicted octanol–water partition coefficient (Wildman–Crippen LogP) is 2.04. The quantitative estimate of drug-likeness (QED) is 0.733. The molecule has 1 unspecified atom stereocenters. The van der Waals surface area contributed by atoms with Gasteiger partial charge in [-0.15, -0.1) is 0 Å². The van der Waals surface area contributed by atoms with Crippen LogP contribution < -0.4 is 0 Å². The Morgan fingerprint density at radius 3 is 2.92 bits per heavy atom. The zero-order chi connectivity index (χ0) is 9.31. The number of rotatable bonds is 2. The lowest BCUT2D eigenvalue weighted by molar-refractivity contribution is 0.269. The van der Waals surface area contributed by atoms with Crippen molar-refractivity contribution in [3.63, 3.8) is 0 Å². The molecule has 2 nitrogen and oxygen atoms in total. The molecule has 1 heterocycles. The van der Waals surface area contributed by atoms with Crippen LogP contribution in [0.1, 0.15) is 18.9 Å². The van der Waals surface area contributed by atoms with Crippen molar-refractivity contribution < 1.29 is 5.11 Å². The third kappa shape index (κ3) is 1.27. The number of fused-ring (bicyclic) bond motifs is 1. The molecule has 0 saturated heterocycles. The van der Waals surface area contributed by atoms with E-state index in [1.54, 1.807) is 0 Å². The summed E-state index contributed by atoms with van der Waals surface area (Å²) >= 11 is 0. The number of aliphatic imine (C=N–C) groups is 1. The van der Waals surface area contributed by atoms with Gasteiger partial charge in [0, 0.05) is 18.2 Å². The second-order valence-corrected chi connectivity index (χ2v) is 3.67. The first-order chi connectivity index (χ1) is 6.26. The minimum Gasteiger partial charge on any atom is -0.396 e. The summed E-state index contributed by atoms with van der Waals surface area (Å²) in [7, 11) is 0. The van der Waals surface area contributed by atoms with E-state index in [0.29, 0.717) is 0 Å². The van der Waals surface area contributed by atoms with E-state index in [2.05, 4.69) is 18.0 Å². The van der Waals surface area contributed by atoms with E-state index in [4.69, 9.17) is 5.11 Å². The van der Waals surface area contributed by atoms with Crippen LogP contribution >= 0.6 is 0 Å². The summed E-state index contributed by atoms with van der Waals surface area (Å²) in [5.74, 6) is 0. The van der Waals surface area contributed by atoms with Crippen LogP contribution in [0.3, 0.4) is 0 Å². The van der Waals surface area contributed by atoms with Crippen molar-refractivity contribution in [2.24, 2.45) is 4.99 Å². The van der Waals surface area contributed by atoms with Gasteiger partial charge in [0.15, 0.2) is 0 Å². The zero-order valence-corrected chi connectivity index (χ0v) is 7.70. The molecule has 1 aromatic carbocycles. The Morgan fingerprint density at radius 2 is 2.15 bits per heavy atom. The van der Waals surface area contributed by atoms with Gasteiger partial charge in [-0.05, 0) is 18.1 Å². The lowest BCUT2D eigenvalue weighted by Crippen LogP contribution is -2.22. The van der Waals surface area contributed by atoms with Gasteiger partial charge < -0.3 is 5.11 Å². The molecule has 2 rings (SSSR count). The van der Waals surface area contributed by atoms with Crippen LogP contribution in [0.4, 0.5) is 5.69 Å². The van der Waals surface area contributed by atoms with Crippen molar-refractivity contribution in [1.29, 1.82) is 0 Å². The lowest BCUT2D eigenvalue weighted by atomic mass is 9.82. The molecule has 0 aromatic heterocycles. The predicted molar refractivity (Wildman–Crippen MR) is 53.6 cm³/mol. The second kappa shape index (κ2) is 2.96. The van der Waals surface area contributed by atoms with Crippen LogP contribution in [0, 0.1) is 0 Å². The highest BCUT2D eigenvalue weighted by Crippen LogP contribution is 2.38. The van der Waals surface area contributed by atoms with Crippen LogP contribution in [-0.2, 0) is 5.41 Å². The Bertz CT molecular complexity index is 346. The van der Waals surface area contributed by atoms with Crippen LogP contribution in [-0.4, -0.2) is 17.9 Å². The molecule has 1 aromatic rings. The van der Waals surface area contributed by atoms with Crippen molar-refractivity contribution in [3.05, 3.63) is 29.8 Å². The summed E-state index contributed by atoms with van der Waals surface area (Å²) in [5, 5.41) is 8.96. The first kappa shape index (κ1) is 8.45. The number of benzene rings is 1. The standard InChI is InChI=1S/C11H13NO/c1-11(6-7-13)8-12-10-5-3-2-4-9(10)11/h2-5,8,13H,6-7H2,1H3. The molecule has 13 heavy (non-hydrogen) atoms. The zero-order valence-electron chi connectivity index (χ0n) is 7.70. The van der Waals surface area contributed by atoms with E-state index < -0.39 is 0 Å². The highest BCUT2D eigenvalue weighted by molar-refractivity contribution is 5.84. The van der Waals surface area contributed by atoms with Gasteiger partial charge in [-0.25, -0.2) is 0 Å². The third-order valence-corrected chi connectivity index (χ3v) is 2.64. The van der Waals surface area contributed by atoms with E-state index in [9.17, 15) is 0 Å². The number of hydrogen-bond donors (Lipinski definition) is 1. The summed E-state index contributed by atoms with van der Waals surface area (Å²) in [5.41, 5.74) is 2.20. The van der Waals surface area contributed by atoms with Crippen molar-refractivity contribution in [3.8, 4) is 0 Å². The van der Waals surface area contributed by atoms with Crippen LogP contribution in [0.5, 0.6) is 0 Å². The van der Waals surface area contributed by atoms with Crippen molar-refractivity contribution in [2.75, 3.05) is 6.61 Å². The average Bonchev–Trinajstić information content (AvgIpc) is 2.46. The van der Waals surface area contributed by atoms with Gasteiger partial charge in [0.1, 0.15) is 0 Å². The topological polar surface area (TPSA) is 32.6 Å². The van der Waals surface area contributed by atoms with E-state index in [1.165, 1.54) is 5.56 Å². The van der Waals surface area contributed by atoms with E-state index in [-0.39, 0.29) is 12.0 Å². The van der Waals surface area contributed by atoms with Gasteiger partial charge in [-0.1, -0.05) is 25.1 Å². The SMILES string of the molecule is CC1(CCO)C=Nc2ccccc21. The van der Waals surface area contributed by atoms with Crippen LogP contribution in [0.25, 0.3) is 0 Å². The molecule has 0 bridgehead atoms. The molecule has 1 aliphatic rings. The lowest BCUT2D eigenvalue weighted by Gasteiger charge is -2.20. The van der Waals surface area contributed by atoms with Crippen molar-refractivity contribution in [2.45, 2.75) is 18.8 Å². The summed E-state index contributed by atoms with van der Waals surface area (Å²) in [6, 6.07) is 8.09. The van der Waals surface area contributed by atoms with E-state index >= 15 is 0 Å². The average molecular weight is 175 g/mol. The fourth-order valence-corrected chi connectivity index (χ4v) is 1.78. The van der Waals surface area contributed by atoms with Gasteiger partial charge in [0.2, 0.25) is 0 Å². The van der Waals surface area contributed by atoms with E-state index in [1.807, 2.05) is 24.4 Å². The Labute approximate surface area is 77.9 Å². The van der Waals surface area contributed by atoms with Crippen LogP contribution in [0.2, 0.25) is 0 Å². The maximum absolute atomic E-state index is 8.96. The normalized spacial score (nSPS) is 24.8. The first-order valence-electron chi connectivity index (χ1n) is 4.52. The molecule has 1 N–H and O–H groups in total. The Hall–Kier alpha value is -1.15. The summed E-state index contributed by atoms with van der Waals surface area (Å²) < 4.78 is 0. The minimum absolute atomic E-state index is 0.0641. The maximum Gasteiger partial charge on any atom is 0.0667 e. The smallest absolute Gasteiger partial charge is 0.0667 e. The molecule has 0 radical (unpaired) electrons. The fraction of sp³-hybridized carbons (Fsp3) is 0.364. The molecule has 1 atom stereocenters. The van der Waals surface area contributed by atoms with Gasteiger partial charge in [0.25, 0.3) is 0 Å². The summed E-state index contributed by atoms with van der Waals surface area (Å²) in [6.07, 6.45) is 2.68. The van der Waals surface area contributed by atoms with Gasteiger partial charge in [-0.3, -0.25) is 4.99 Å². The number of aliphatic hydroxyl groups is 1. The molecule has 0 saturated carbocycles. The second-order valence-electron chi connectivity index (χ2n) is 3.67. The summed E-state index contributed by atoms with van der Waals surface area (Å²) in [6.45, 7) is 2.31. The molecular formula is C11H13NO. The van der Waals surface area contributed by atoms with Gasteiger partial charge >= 0.3 is 0 Å². The summed E-state index contributed by atoms with van der Waals surface area (Å²) in [4.78, 5) is 4.33. The molecular weight excluding hydrogens is 162 g/mol. The first-order valence-corrected chi connectivity index (χ1v) is 4.52. The molecule has 0 spiro atoms. The molecule has 0 aliphatic carbocycles. The largest absolute Gasteiger partial charge is 0.396 e. The fourth-order valence-electron chi connectivity index (χ4n) is 1.78. The number of para-hydroxylation sites is 1. The number of hydrogen-bond acceptors (Lipinski definition) is 2. The molecule has 0 fully saturated rings. The highest BCUT2D eigenvalue weighted by atomic mass is 16.3. The third-order valence-electron chi connectivity index (χ3n) is 2.64. The Morgan fingerprint density at radius 1 is 1.38 bits per heavy atom. The highest BCUT2D eigenvalue weighted by Gasteiger charge is 2.30. The molecule has 68 valence electrons. The van der Waals surface area contributed by atoms with Gasteiger partial charge in [-0.2, -0.15) is 0 Å². The Kier molecular flexibility index (Phi) is 1.93. The van der Waals surface area contributed by atoms with Gasteiger partial charge in [0.05, 0.1) is 5.69 Å². The molecule has 2 heteroatoms. The minimum atomic E-state index is -0.0641. The van der Waals surface area contributed by atoms with Crippen molar-refractivity contribution >= 4 is 11.9 Å². The maximum atomic E-state index is 8.96. The monoisotopic (exact) mass is 175 g/mol. The van der Waals surface area contributed by atoms with Crippen molar-refractivity contribution in [1.82, 2.24) is 0 Å². The van der Waals surface area contributed by atoms with Crippen LogP contribution in [0.15, 0.2) is 29.3 Å². The molecule has 0 amide bonds.